The minimum absolute atomic E-state index is 0.0515. The minimum atomic E-state index is -1.01. The number of carbonyl (C=O) groups is 2. The first kappa shape index (κ1) is 17.0. The molecule has 1 aromatic rings. The van der Waals surface area contributed by atoms with Crippen LogP contribution in [0.5, 0.6) is 5.75 Å². The van der Waals surface area contributed by atoms with Gasteiger partial charge in [-0.3, -0.25) is 9.59 Å². The Morgan fingerprint density at radius 1 is 1.29 bits per heavy atom. The number of rotatable bonds is 8. The van der Waals surface area contributed by atoms with E-state index in [1.54, 1.807) is 45.2 Å². The molecule has 0 saturated heterocycles. The topological polar surface area (TPSA) is 84.9 Å². The van der Waals surface area contributed by atoms with Gasteiger partial charge in [-0.1, -0.05) is 6.07 Å². The molecule has 1 amide bonds. The molecule has 0 bridgehead atoms. The lowest BCUT2D eigenvalue weighted by Crippen LogP contribution is -2.38. The Hall–Kier alpha value is -2.08. The summed E-state index contributed by atoms with van der Waals surface area (Å²) >= 11 is 0. The van der Waals surface area contributed by atoms with Crippen LogP contribution in [0, 0.1) is 5.41 Å². The van der Waals surface area contributed by atoms with E-state index in [1.807, 2.05) is 0 Å². The van der Waals surface area contributed by atoms with Crippen LogP contribution in [0.4, 0.5) is 0 Å². The van der Waals surface area contributed by atoms with Gasteiger partial charge in [-0.2, -0.15) is 0 Å². The zero-order valence-corrected chi connectivity index (χ0v) is 12.5. The second-order valence-corrected chi connectivity index (χ2v) is 5.24. The average Bonchev–Trinajstić information content (AvgIpc) is 2.45. The van der Waals surface area contributed by atoms with Crippen LogP contribution in [0.1, 0.15) is 24.2 Å². The first-order chi connectivity index (χ1) is 9.86. The molecule has 1 rings (SSSR count). The third-order valence-corrected chi connectivity index (χ3v) is 2.92. The number of nitrogens with one attached hydrogen (secondary N) is 1. The number of carboxylic acid groups (broad SMARTS) is 1. The van der Waals surface area contributed by atoms with Crippen molar-refractivity contribution in [2.75, 3.05) is 26.9 Å². The normalized spacial score (nSPS) is 11.0. The molecule has 0 aliphatic heterocycles. The van der Waals surface area contributed by atoms with Crippen LogP contribution < -0.4 is 10.1 Å². The fourth-order valence-electron chi connectivity index (χ4n) is 1.45. The SMILES string of the molecule is COCCOc1cccc(C(=O)NCC(C)(C)C(=O)O)c1. The van der Waals surface area contributed by atoms with Crippen molar-refractivity contribution >= 4 is 11.9 Å². The predicted molar refractivity (Wildman–Crippen MR) is 77.6 cm³/mol. The molecule has 0 aliphatic carbocycles. The fourth-order valence-corrected chi connectivity index (χ4v) is 1.45. The van der Waals surface area contributed by atoms with E-state index in [-0.39, 0.29) is 12.5 Å². The van der Waals surface area contributed by atoms with E-state index in [1.165, 1.54) is 0 Å². The Bertz CT molecular complexity index is 499. The second-order valence-electron chi connectivity index (χ2n) is 5.24. The molecule has 6 heteroatoms. The predicted octanol–water partition coefficient (Wildman–Crippen LogP) is 1.55. The summed E-state index contributed by atoms with van der Waals surface area (Å²) in [5.41, 5.74) is -0.589. The van der Waals surface area contributed by atoms with Crippen LogP contribution in [0.25, 0.3) is 0 Å². The van der Waals surface area contributed by atoms with E-state index in [0.29, 0.717) is 24.5 Å². The molecule has 0 unspecified atom stereocenters. The molecule has 0 aromatic heterocycles. The van der Waals surface area contributed by atoms with Gasteiger partial charge in [0.2, 0.25) is 0 Å². The van der Waals surface area contributed by atoms with Crippen molar-refractivity contribution in [2.24, 2.45) is 5.41 Å². The molecule has 0 atom stereocenters. The van der Waals surface area contributed by atoms with Gasteiger partial charge in [0.25, 0.3) is 5.91 Å². The third-order valence-electron chi connectivity index (χ3n) is 2.92. The van der Waals surface area contributed by atoms with Crippen LogP contribution >= 0.6 is 0 Å². The van der Waals surface area contributed by atoms with E-state index in [0.717, 1.165) is 0 Å². The lowest BCUT2D eigenvalue weighted by Gasteiger charge is -2.19. The Morgan fingerprint density at radius 3 is 2.62 bits per heavy atom. The fraction of sp³-hybridized carbons (Fsp3) is 0.467. The molecule has 0 saturated carbocycles. The monoisotopic (exact) mass is 295 g/mol. The molecule has 0 spiro atoms. The number of carbonyl (C=O) groups excluding carboxylic acids is 1. The molecule has 1 aromatic carbocycles. The van der Waals surface area contributed by atoms with Crippen molar-refractivity contribution in [3.63, 3.8) is 0 Å². The highest BCUT2D eigenvalue weighted by Gasteiger charge is 2.27. The summed E-state index contributed by atoms with van der Waals surface area (Å²) < 4.78 is 10.3. The van der Waals surface area contributed by atoms with Crippen molar-refractivity contribution in [2.45, 2.75) is 13.8 Å². The summed E-state index contributed by atoms with van der Waals surface area (Å²) in [6, 6.07) is 6.71. The van der Waals surface area contributed by atoms with Gasteiger partial charge in [-0.15, -0.1) is 0 Å². The first-order valence-electron chi connectivity index (χ1n) is 6.60. The van der Waals surface area contributed by atoms with Crippen molar-refractivity contribution in [1.29, 1.82) is 0 Å². The molecule has 21 heavy (non-hydrogen) atoms. The van der Waals surface area contributed by atoms with Crippen LogP contribution in [0.15, 0.2) is 24.3 Å². The summed E-state index contributed by atoms with van der Waals surface area (Å²) in [7, 11) is 1.58. The molecule has 0 fully saturated rings. The number of ether oxygens (including phenoxy) is 2. The smallest absolute Gasteiger partial charge is 0.310 e. The van der Waals surface area contributed by atoms with Crippen LogP contribution in [0.2, 0.25) is 0 Å². The summed E-state index contributed by atoms with van der Waals surface area (Å²) in [4.78, 5) is 23.0. The van der Waals surface area contributed by atoms with Crippen LogP contribution in [0.3, 0.4) is 0 Å². The first-order valence-corrected chi connectivity index (χ1v) is 6.60. The highest BCUT2D eigenvalue weighted by molar-refractivity contribution is 5.94. The Labute approximate surface area is 124 Å². The molecule has 0 radical (unpaired) electrons. The molecule has 0 aliphatic rings. The third kappa shape index (κ3) is 5.43. The molecule has 6 nitrogen and oxygen atoms in total. The van der Waals surface area contributed by atoms with Crippen LogP contribution in [-0.4, -0.2) is 43.9 Å². The van der Waals surface area contributed by atoms with Crippen LogP contribution in [-0.2, 0) is 9.53 Å². The largest absolute Gasteiger partial charge is 0.491 e. The maximum atomic E-state index is 12.0. The van der Waals surface area contributed by atoms with Gasteiger partial charge >= 0.3 is 5.97 Å². The highest BCUT2D eigenvalue weighted by atomic mass is 16.5. The molecule has 2 N–H and O–H groups in total. The Morgan fingerprint density at radius 2 is 2.00 bits per heavy atom. The number of amides is 1. The van der Waals surface area contributed by atoms with Gasteiger partial charge < -0.3 is 19.9 Å². The minimum Gasteiger partial charge on any atom is -0.491 e. The summed E-state index contributed by atoms with van der Waals surface area (Å²) in [6.45, 7) is 4.02. The number of hydrogen-bond donors (Lipinski definition) is 2. The Balaban J connectivity index is 2.62. The van der Waals surface area contributed by atoms with Gasteiger partial charge in [0.1, 0.15) is 12.4 Å². The quantitative estimate of drug-likeness (QED) is 0.711. The number of methoxy groups -OCH3 is 1. The van der Waals surface area contributed by atoms with Gasteiger partial charge in [0, 0.05) is 19.2 Å². The maximum Gasteiger partial charge on any atom is 0.310 e. The molecular formula is C15H21NO5. The van der Waals surface area contributed by atoms with Gasteiger partial charge in [0.15, 0.2) is 0 Å². The zero-order valence-electron chi connectivity index (χ0n) is 12.5. The lowest BCUT2D eigenvalue weighted by atomic mass is 9.94. The van der Waals surface area contributed by atoms with E-state index in [9.17, 15) is 9.59 Å². The number of carboxylic acids is 1. The zero-order chi connectivity index (χ0) is 15.9. The van der Waals surface area contributed by atoms with E-state index >= 15 is 0 Å². The lowest BCUT2D eigenvalue weighted by molar-refractivity contribution is -0.146. The molecule has 0 heterocycles. The van der Waals surface area contributed by atoms with E-state index in [2.05, 4.69) is 5.32 Å². The van der Waals surface area contributed by atoms with E-state index < -0.39 is 11.4 Å². The number of hydrogen-bond acceptors (Lipinski definition) is 4. The standard InChI is InChI=1S/C15H21NO5/c1-15(2,14(18)19)10-16-13(17)11-5-4-6-12(9-11)21-8-7-20-3/h4-6,9H,7-8,10H2,1-3H3,(H,16,17)(H,18,19). The summed E-state index contributed by atoms with van der Waals surface area (Å²) in [5.74, 6) is -0.724. The van der Waals surface area contributed by atoms with Crippen molar-refractivity contribution in [1.82, 2.24) is 5.32 Å². The summed E-state index contributed by atoms with van der Waals surface area (Å²) in [6.07, 6.45) is 0. The highest BCUT2D eigenvalue weighted by Crippen LogP contribution is 2.15. The van der Waals surface area contributed by atoms with E-state index in [4.69, 9.17) is 14.6 Å². The number of aliphatic carboxylic acids is 1. The van der Waals surface area contributed by atoms with Gasteiger partial charge in [-0.25, -0.2) is 0 Å². The van der Waals surface area contributed by atoms with Gasteiger partial charge in [0.05, 0.1) is 12.0 Å². The Kier molecular flexibility index (Phi) is 6.17. The van der Waals surface area contributed by atoms with Crippen molar-refractivity contribution in [3.8, 4) is 5.75 Å². The van der Waals surface area contributed by atoms with Crippen molar-refractivity contribution in [3.05, 3.63) is 29.8 Å². The van der Waals surface area contributed by atoms with Gasteiger partial charge in [-0.05, 0) is 32.0 Å². The van der Waals surface area contributed by atoms with Crippen molar-refractivity contribution < 1.29 is 24.2 Å². The summed E-state index contributed by atoms with van der Waals surface area (Å²) in [5, 5.41) is 11.6. The molecular weight excluding hydrogens is 274 g/mol. The average molecular weight is 295 g/mol. The number of benzene rings is 1. The molecule has 116 valence electrons. The maximum absolute atomic E-state index is 12.0. The second kappa shape index (κ2) is 7.64.